The third-order valence-corrected chi connectivity index (χ3v) is 5.31. The summed E-state index contributed by atoms with van der Waals surface area (Å²) in [5, 5.41) is 22.1. The van der Waals surface area contributed by atoms with Crippen LogP contribution in [0.1, 0.15) is 48.6 Å². The number of aromatic nitrogens is 2. The van der Waals surface area contributed by atoms with Crippen molar-refractivity contribution in [1.82, 2.24) is 15.1 Å². The molecule has 1 fully saturated rings. The average Bonchev–Trinajstić information content (AvgIpc) is 3.06. The summed E-state index contributed by atoms with van der Waals surface area (Å²) in [6, 6.07) is 6.61. The van der Waals surface area contributed by atoms with Crippen LogP contribution in [0, 0.1) is 0 Å². The Labute approximate surface area is 145 Å². The molecule has 0 atom stereocenters. The third-order valence-electron chi connectivity index (χ3n) is 4.31. The fraction of sp³-hybridized carbons (Fsp3) is 0.471. The van der Waals surface area contributed by atoms with Gasteiger partial charge in [0.2, 0.25) is 5.13 Å². The molecule has 7 heteroatoms. The smallest absolute Gasteiger partial charge is 0.323 e. The summed E-state index contributed by atoms with van der Waals surface area (Å²) in [4.78, 5) is 13.9. The van der Waals surface area contributed by atoms with Gasteiger partial charge in [0.05, 0.1) is 0 Å². The van der Waals surface area contributed by atoms with Gasteiger partial charge in [-0.3, -0.25) is 5.32 Å². The van der Waals surface area contributed by atoms with Crippen molar-refractivity contribution in [3.8, 4) is 5.75 Å². The minimum absolute atomic E-state index is 0.214. The van der Waals surface area contributed by atoms with Crippen molar-refractivity contribution in [3.63, 3.8) is 0 Å². The quantitative estimate of drug-likeness (QED) is 0.878. The van der Waals surface area contributed by atoms with Gasteiger partial charge in [0.15, 0.2) is 0 Å². The Balaban J connectivity index is 1.55. The first-order chi connectivity index (χ1) is 11.6. The minimum atomic E-state index is -0.214. The molecule has 0 aliphatic heterocycles. The maximum Gasteiger partial charge on any atom is 0.323 e. The summed E-state index contributed by atoms with van der Waals surface area (Å²) >= 11 is 1.48. The lowest BCUT2D eigenvalue weighted by Gasteiger charge is -2.18. The number of aromatic hydroxyl groups is 1. The largest absolute Gasteiger partial charge is 0.508 e. The van der Waals surface area contributed by atoms with Gasteiger partial charge in [0.25, 0.3) is 0 Å². The number of benzene rings is 1. The number of urea groups is 1. The van der Waals surface area contributed by atoms with E-state index in [-0.39, 0.29) is 11.8 Å². The van der Waals surface area contributed by atoms with Crippen molar-refractivity contribution in [2.45, 2.75) is 44.6 Å². The zero-order chi connectivity index (χ0) is 16.9. The molecule has 0 unspecified atom stereocenters. The third kappa shape index (κ3) is 4.23. The van der Waals surface area contributed by atoms with Crippen LogP contribution in [0.3, 0.4) is 0 Å². The Morgan fingerprint density at radius 2 is 1.96 bits per heavy atom. The average molecular weight is 346 g/mol. The number of carbonyl (C=O) groups is 1. The summed E-state index contributed by atoms with van der Waals surface area (Å²) in [6.07, 6.45) is 6.15. The van der Waals surface area contributed by atoms with Crippen LogP contribution in [0.25, 0.3) is 0 Å². The summed E-state index contributed by atoms with van der Waals surface area (Å²) in [5.41, 5.74) is 0.950. The Hall–Kier alpha value is -2.15. The van der Waals surface area contributed by atoms with Gasteiger partial charge in [-0.25, -0.2) is 4.79 Å². The van der Waals surface area contributed by atoms with Gasteiger partial charge < -0.3 is 10.0 Å². The molecule has 2 aromatic rings. The topological polar surface area (TPSA) is 78.4 Å². The minimum Gasteiger partial charge on any atom is -0.508 e. The van der Waals surface area contributed by atoms with Gasteiger partial charge in [-0.2, -0.15) is 0 Å². The highest BCUT2D eigenvalue weighted by atomic mass is 32.1. The number of amides is 2. The molecule has 128 valence electrons. The van der Waals surface area contributed by atoms with Crippen LogP contribution in [0.2, 0.25) is 0 Å². The second kappa shape index (κ2) is 7.61. The molecule has 0 bridgehead atoms. The van der Waals surface area contributed by atoms with Crippen molar-refractivity contribution in [2.24, 2.45) is 0 Å². The van der Waals surface area contributed by atoms with Gasteiger partial charge in [-0.1, -0.05) is 42.7 Å². The van der Waals surface area contributed by atoms with Crippen molar-refractivity contribution < 1.29 is 9.90 Å². The molecule has 1 aliphatic carbocycles. The van der Waals surface area contributed by atoms with E-state index in [1.54, 1.807) is 36.2 Å². The number of rotatable bonds is 4. The Kier molecular flexibility index (Phi) is 5.30. The maximum absolute atomic E-state index is 12.3. The van der Waals surface area contributed by atoms with Crippen LogP contribution in [0.4, 0.5) is 9.93 Å². The maximum atomic E-state index is 12.3. The molecule has 0 spiro atoms. The second-order valence-electron chi connectivity index (χ2n) is 6.23. The first-order valence-electron chi connectivity index (χ1n) is 8.25. The summed E-state index contributed by atoms with van der Waals surface area (Å²) in [6.45, 7) is 0.459. The van der Waals surface area contributed by atoms with Gasteiger partial charge in [0.1, 0.15) is 10.8 Å². The van der Waals surface area contributed by atoms with Crippen molar-refractivity contribution >= 4 is 22.5 Å². The molecule has 2 amide bonds. The lowest BCUT2D eigenvalue weighted by Crippen LogP contribution is -2.30. The van der Waals surface area contributed by atoms with Gasteiger partial charge in [0, 0.05) is 19.5 Å². The number of carbonyl (C=O) groups excluding carboxylic acids is 1. The molecule has 1 aliphatic rings. The summed E-state index contributed by atoms with van der Waals surface area (Å²) in [7, 11) is 1.73. The first-order valence-corrected chi connectivity index (χ1v) is 9.07. The Bertz CT molecular complexity index is 680. The molecule has 2 N–H and O–H groups in total. The molecule has 1 aromatic carbocycles. The van der Waals surface area contributed by atoms with E-state index in [0.29, 0.717) is 17.6 Å². The SMILES string of the molecule is CN(Cc1ccc(O)cc1)C(=O)Nc1nnc(C2CCCCC2)s1. The zero-order valence-corrected chi connectivity index (χ0v) is 14.6. The molecule has 1 aromatic heterocycles. The normalized spacial score (nSPS) is 15.2. The van der Waals surface area contributed by atoms with Gasteiger partial charge >= 0.3 is 6.03 Å². The molecule has 1 heterocycles. The molecular formula is C17H22N4O2S. The van der Waals surface area contributed by atoms with E-state index >= 15 is 0 Å². The van der Waals surface area contributed by atoms with Crippen LogP contribution < -0.4 is 5.32 Å². The van der Waals surface area contributed by atoms with Crippen molar-refractivity contribution in [2.75, 3.05) is 12.4 Å². The van der Waals surface area contributed by atoms with E-state index in [1.807, 2.05) is 0 Å². The monoisotopic (exact) mass is 346 g/mol. The molecular weight excluding hydrogens is 324 g/mol. The van der Waals surface area contributed by atoms with E-state index in [1.165, 1.54) is 43.4 Å². The van der Waals surface area contributed by atoms with Crippen LogP contribution in [0.15, 0.2) is 24.3 Å². The van der Waals surface area contributed by atoms with E-state index in [2.05, 4.69) is 15.5 Å². The van der Waals surface area contributed by atoms with Crippen LogP contribution >= 0.6 is 11.3 Å². The highest BCUT2D eigenvalue weighted by Crippen LogP contribution is 2.35. The predicted octanol–water partition coefficient (Wildman–Crippen LogP) is 3.96. The fourth-order valence-electron chi connectivity index (χ4n) is 2.93. The number of anilines is 1. The Morgan fingerprint density at radius 3 is 2.67 bits per heavy atom. The molecule has 0 radical (unpaired) electrons. The first kappa shape index (κ1) is 16.7. The number of hydrogen-bond acceptors (Lipinski definition) is 5. The summed E-state index contributed by atoms with van der Waals surface area (Å²) in [5.74, 6) is 0.714. The number of phenolic OH excluding ortho intramolecular Hbond substituents is 1. The highest BCUT2D eigenvalue weighted by molar-refractivity contribution is 7.15. The molecule has 6 nitrogen and oxygen atoms in total. The zero-order valence-electron chi connectivity index (χ0n) is 13.7. The second-order valence-corrected chi connectivity index (χ2v) is 7.24. The Morgan fingerprint density at radius 1 is 1.25 bits per heavy atom. The van der Waals surface area contributed by atoms with Gasteiger partial charge in [-0.15, -0.1) is 10.2 Å². The van der Waals surface area contributed by atoms with Crippen molar-refractivity contribution in [1.29, 1.82) is 0 Å². The number of phenols is 1. The summed E-state index contributed by atoms with van der Waals surface area (Å²) < 4.78 is 0. The van der Waals surface area contributed by atoms with Crippen molar-refractivity contribution in [3.05, 3.63) is 34.8 Å². The number of nitrogens with one attached hydrogen (secondary N) is 1. The highest BCUT2D eigenvalue weighted by Gasteiger charge is 2.20. The molecule has 1 saturated carbocycles. The van der Waals surface area contributed by atoms with E-state index < -0.39 is 0 Å². The van der Waals surface area contributed by atoms with E-state index in [0.717, 1.165) is 10.6 Å². The van der Waals surface area contributed by atoms with E-state index in [9.17, 15) is 9.90 Å². The number of nitrogens with zero attached hydrogens (tertiary/aromatic N) is 3. The van der Waals surface area contributed by atoms with E-state index in [4.69, 9.17) is 0 Å². The predicted molar refractivity (Wildman–Crippen MR) is 94.3 cm³/mol. The van der Waals surface area contributed by atoms with Crippen LogP contribution in [0.5, 0.6) is 5.75 Å². The van der Waals surface area contributed by atoms with Crippen LogP contribution in [-0.4, -0.2) is 33.3 Å². The fourth-order valence-corrected chi connectivity index (χ4v) is 3.84. The lowest BCUT2D eigenvalue weighted by atomic mass is 9.90. The number of hydrogen-bond donors (Lipinski definition) is 2. The molecule has 0 saturated heterocycles. The molecule has 3 rings (SSSR count). The van der Waals surface area contributed by atoms with Gasteiger partial charge in [-0.05, 0) is 30.5 Å². The lowest BCUT2D eigenvalue weighted by molar-refractivity contribution is 0.220. The standard InChI is InChI=1S/C17H22N4O2S/c1-21(11-12-7-9-14(22)10-8-12)17(23)18-16-20-19-15(24-16)13-5-3-2-4-6-13/h7-10,13,22H,2-6,11H2,1H3,(H,18,20,23). The van der Waals surface area contributed by atoms with Crippen LogP contribution in [-0.2, 0) is 6.54 Å². The molecule has 24 heavy (non-hydrogen) atoms.